The van der Waals surface area contributed by atoms with Gasteiger partial charge >= 0.3 is 0 Å². The Hall–Kier alpha value is -0.930. The molecule has 1 unspecified atom stereocenters. The molecule has 3 nitrogen and oxygen atoms in total. The van der Waals surface area contributed by atoms with Gasteiger partial charge in [-0.1, -0.05) is 37.0 Å². The fraction of sp³-hybridized carbons (Fsp3) is 0.417. The fourth-order valence-electron chi connectivity index (χ4n) is 1.17. The Bertz CT molecular complexity index is 410. The van der Waals surface area contributed by atoms with Crippen LogP contribution in [0.3, 0.4) is 0 Å². The third-order valence-electron chi connectivity index (χ3n) is 2.70. The van der Waals surface area contributed by atoms with E-state index in [1.165, 1.54) is 12.1 Å². The largest absolute Gasteiger partial charge is 0.396 e. The zero-order valence-corrected chi connectivity index (χ0v) is 11.6. The summed E-state index contributed by atoms with van der Waals surface area (Å²) in [4.78, 5) is 11.9. The molecule has 0 saturated carbocycles. The van der Waals surface area contributed by atoms with Crippen LogP contribution in [0.4, 0.5) is 5.69 Å². The number of benzene rings is 1. The molecule has 3 N–H and O–H groups in total. The summed E-state index contributed by atoms with van der Waals surface area (Å²) in [7, 11) is 0. The first-order chi connectivity index (χ1) is 7.82. The van der Waals surface area contributed by atoms with Crippen LogP contribution in [0.5, 0.6) is 0 Å². The summed E-state index contributed by atoms with van der Waals surface area (Å²) in [6.45, 7) is 6.02. The maximum Gasteiger partial charge on any atom is 0.251 e. The second kappa shape index (κ2) is 5.61. The molecule has 1 amide bonds. The van der Waals surface area contributed by atoms with Gasteiger partial charge in [-0.25, -0.2) is 0 Å². The number of carbonyl (C=O) groups excluding carboxylic acids is 1. The number of hydrogen-bond acceptors (Lipinski definition) is 2. The van der Waals surface area contributed by atoms with Gasteiger partial charge in [-0.3, -0.25) is 4.79 Å². The number of anilines is 1. The summed E-state index contributed by atoms with van der Waals surface area (Å²) in [6.07, 6.45) is 0. The van der Waals surface area contributed by atoms with Crippen molar-refractivity contribution in [2.24, 2.45) is 5.92 Å². The standard InChI is InChI=1S/C12H16Cl2N2O/c1-6(2)7(3)16-12(17)8-4-9(13)11(15)10(14)5-8/h4-7H,15H2,1-3H3,(H,16,17). The smallest absolute Gasteiger partial charge is 0.251 e. The Balaban J connectivity index is 2.90. The summed E-state index contributed by atoms with van der Waals surface area (Å²) in [5.41, 5.74) is 6.32. The summed E-state index contributed by atoms with van der Waals surface area (Å²) in [5, 5.41) is 3.46. The highest BCUT2D eigenvalue weighted by atomic mass is 35.5. The number of amides is 1. The highest BCUT2D eigenvalue weighted by Gasteiger charge is 2.14. The Morgan fingerprint density at radius 3 is 2.12 bits per heavy atom. The summed E-state index contributed by atoms with van der Waals surface area (Å²) >= 11 is 11.7. The molecule has 1 aromatic carbocycles. The molecule has 0 fully saturated rings. The first-order valence-corrected chi connectivity index (χ1v) is 6.14. The van der Waals surface area contributed by atoms with Gasteiger partial charge in [0.15, 0.2) is 0 Å². The normalized spacial score (nSPS) is 12.6. The van der Waals surface area contributed by atoms with Crippen LogP contribution < -0.4 is 11.1 Å². The molecule has 1 atom stereocenters. The van der Waals surface area contributed by atoms with Crippen LogP contribution in [0.1, 0.15) is 31.1 Å². The molecule has 0 spiro atoms. The highest BCUT2D eigenvalue weighted by Crippen LogP contribution is 2.28. The van der Waals surface area contributed by atoms with Crippen LogP contribution in [0, 0.1) is 5.92 Å². The van der Waals surface area contributed by atoms with Gasteiger partial charge in [0, 0.05) is 11.6 Å². The molecular weight excluding hydrogens is 259 g/mol. The summed E-state index contributed by atoms with van der Waals surface area (Å²) < 4.78 is 0. The number of hydrogen-bond donors (Lipinski definition) is 2. The van der Waals surface area contributed by atoms with E-state index in [0.717, 1.165) is 0 Å². The molecule has 5 heteroatoms. The van der Waals surface area contributed by atoms with Crippen molar-refractivity contribution in [2.45, 2.75) is 26.8 Å². The Kier molecular flexibility index (Phi) is 4.66. The average Bonchev–Trinajstić information content (AvgIpc) is 2.24. The van der Waals surface area contributed by atoms with E-state index in [0.29, 0.717) is 27.2 Å². The zero-order valence-electron chi connectivity index (χ0n) is 10.1. The Morgan fingerprint density at radius 1 is 1.24 bits per heavy atom. The van der Waals surface area contributed by atoms with Crippen molar-refractivity contribution in [3.63, 3.8) is 0 Å². The van der Waals surface area contributed by atoms with Gasteiger partial charge in [0.1, 0.15) is 0 Å². The molecule has 0 bridgehead atoms. The lowest BCUT2D eigenvalue weighted by Crippen LogP contribution is -2.36. The minimum Gasteiger partial charge on any atom is -0.396 e. The zero-order chi connectivity index (χ0) is 13.2. The van der Waals surface area contributed by atoms with Crippen LogP contribution in [-0.4, -0.2) is 11.9 Å². The van der Waals surface area contributed by atoms with Crippen molar-refractivity contribution in [1.29, 1.82) is 0 Å². The van der Waals surface area contributed by atoms with E-state index in [9.17, 15) is 4.79 Å². The van der Waals surface area contributed by atoms with Gasteiger partial charge in [-0.05, 0) is 25.0 Å². The number of carbonyl (C=O) groups is 1. The Labute approximate surface area is 111 Å². The van der Waals surface area contributed by atoms with Gasteiger partial charge in [-0.15, -0.1) is 0 Å². The second-order valence-corrected chi connectivity index (χ2v) is 5.17. The SMILES string of the molecule is CC(C)C(C)NC(=O)c1cc(Cl)c(N)c(Cl)c1. The van der Waals surface area contributed by atoms with Crippen molar-refractivity contribution in [3.8, 4) is 0 Å². The Morgan fingerprint density at radius 2 is 1.71 bits per heavy atom. The van der Waals surface area contributed by atoms with Crippen LogP contribution in [-0.2, 0) is 0 Å². The number of nitrogens with one attached hydrogen (secondary N) is 1. The van der Waals surface area contributed by atoms with Crippen molar-refractivity contribution in [2.75, 3.05) is 5.73 Å². The highest BCUT2D eigenvalue weighted by molar-refractivity contribution is 6.39. The van der Waals surface area contributed by atoms with E-state index in [1.54, 1.807) is 0 Å². The summed E-state index contributed by atoms with van der Waals surface area (Å²) in [5.74, 6) is 0.161. The molecule has 0 aliphatic rings. The number of nitrogen functional groups attached to an aromatic ring is 1. The van der Waals surface area contributed by atoms with Gasteiger partial charge in [0.05, 0.1) is 15.7 Å². The minimum atomic E-state index is -0.199. The lowest BCUT2D eigenvalue weighted by Gasteiger charge is -2.17. The van der Waals surface area contributed by atoms with E-state index in [2.05, 4.69) is 5.32 Å². The first-order valence-electron chi connectivity index (χ1n) is 5.38. The van der Waals surface area contributed by atoms with E-state index in [1.807, 2.05) is 20.8 Å². The van der Waals surface area contributed by atoms with Gasteiger partial charge < -0.3 is 11.1 Å². The third kappa shape index (κ3) is 3.51. The molecule has 94 valence electrons. The van der Waals surface area contributed by atoms with E-state index in [4.69, 9.17) is 28.9 Å². The van der Waals surface area contributed by atoms with E-state index in [-0.39, 0.29) is 11.9 Å². The maximum atomic E-state index is 11.9. The van der Waals surface area contributed by atoms with Crippen molar-refractivity contribution >= 4 is 34.8 Å². The molecule has 0 saturated heterocycles. The first kappa shape index (κ1) is 14.1. The molecule has 1 aromatic rings. The molecule has 0 aliphatic heterocycles. The predicted molar refractivity (Wildman–Crippen MR) is 72.6 cm³/mol. The maximum absolute atomic E-state index is 11.9. The lowest BCUT2D eigenvalue weighted by atomic mass is 10.1. The van der Waals surface area contributed by atoms with Gasteiger partial charge in [-0.2, -0.15) is 0 Å². The van der Waals surface area contributed by atoms with Crippen molar-refractivity contribution in [1.82, 2.24) is 5.32 Å². The minimum absolute atomic E-state index is 0.0811. The van der Waals surface area contributed by atoms with Crippen LogP contribution in [0.15, 0.2) is 12.1 Å². The quantitative estimate of drug-likeness (QED) is 0.831. The molecule has 0 radical (unpaired) electrons. The lowest BCUT2D eigenvalue weighted by molar-refractivity contribution is 0.0930. The third-order valence-corrected chi connectivity index (χ3v) is 3.33. The van der Waals surface area contributed by atoms with Crippen molar-refractivity contribution < 1.29 is 4.79 Å². The number of nitrogens with two attached hydrogens (primary N) is 1. The van der Waals surface area contributed by atoms with Crippen molar-refractivity contribution in [3.05, 3.63) is 27.7 Å². The topological polar surface area (TPSA) is 55.1 Å². The van der Waals surface area contributed by atoms with E-state index < -0.39 is 0 Å². The number of rotatable bonds is 3. The second-order valence-electron chi connectivity index (χ2n) is 4.36. The molecule has 0 aliphatic carbocycles. The number of halogens is 2. The van der Waals surface area contributed by atoms with Crippen LogP contribution in [0.25, 0.3) is 0 Å². The molecule has 0 heterocycles. The van der Waals surface area contributed by atoms with Crippen LogP contribution >= 0.6 is 23.2 Å². The monoisotopic (exact) mass is 274 g/mol. The summed E-state index contributed by atoms with van der Waals surface area (Å²) in [6, 6.07) is 3.12. The molecule has 0 aromatic heterocycles. The average molecular weight is 275 g/mol. The predicted octanol–water partition coefficient (Wildman–Crippen LogP) is 3.35. The van der Waals surface area contributed by atoms with Crippen LogP contribution in [0.2, 0.25) is 10.0 Å². The fourth-order valence-corrected chi connectivity index (χ4v) is 1.66. The van der Waals surface area contributed by atoms with E-state index >= 15 is 0 Å². The molecule has 1 rings (SSSR count). The van der Waals surface area contributed by atoms with Gasteiger partial charge in [0.25, 0.3) is 5.91 Å². The van der Waals surface area contributed by atoms with Gasteiger partial charge in [0.2, 0.25) is 0 Å². The molecular formula is C12H16Cl2N2O. The molecule has 17 heavy (non-hydrogen) atoms.